The van der Waals surface area contributed by atoms with Gasteiger partial charge in [-0.25, -0.2) is 0 Å². The average molecular weight is 252 g/mol. The second-order valence-corrected chi connectivity index (χ2v) is 3.35. The molecule has 0 spiro atoms. The number of nitriles is 1. The molecule has 0 aromatic heterocycles. The highest BCUT2D eigenvalue weighted by Gasteiger charge is 2.04. The second-order valence-electron chi connectivity index (χ2n) is 2.94. The summed E-state index contributed by atoms with van der Waals surface area (Å²) in [6.07, 6.45) is 0. The summed E-state index contributed by atoms with van der Waals surface area (Å²) in [4.78, 5) is 0. The molecule has 6 nitrogen and oxygen atoms in total. The highest BCUT2D eigenvalue weighted by Crippen LogP contribution is 2.26. The number of hydrogen-bond donors (Lipinski definition) is 3. The Hall–Kier alpha value is -2.26. The van der Waals surface area contributed by atoms with Crippen LogP contribution in [0.15, 0.2) is 23.3 Å². The quantitative estimate of drug-likeness (QED) is 0.429. The average Bonchev–Trinajstić information content (AvgIpc) is 2.31. The SMILES string of the molecule is COc1ccc(N/N=C(\C#N)C(=N)N)c(Cl)c1. The van der Waals surface area contributed by atoms with Gasteiger partial charge in [0.1, 0.15) is 11.8 Å². The fourth-order valence-corrected chi connectivity index (χ4v) is 1.19. The molecule has 0 aliphatic rings. The molecule has 1 aromatic carbocycles. The summed E-state index contributed by atoms with van der Waals surface area (Å²) < 4.78 is 4.98. The summed E-state index contributed by atoms with van der Waals surface area (Å²) in [7, 11) is 1.53. The molecule has 0 atom stereocenters. The molecule has 0 heterocycles. The topological polar surface area (TPSA) is 107 Å². The third-order valence-corrected chi connectivity index (χ3v) is 2.14. The molecule has 0 amide bonds. The Morgan fingerprint density at radius 3 is 2.82 bits per heavy atom. The van der Waals surface area contributed by atoms with Crippen molar-refractivity contribution in [3.8, 4) is 11.8 Å². The van der Waals surface area contributed by atoms with Crippen LogP contribution in [0.3, 0.4) is 0 Å². The molecule has 7 heteroatoms. The molecule has 0 aliphatic heterocycles. The molecule has 1 rings (SSSR count). The zero-order valence-corrected chi connectivity index (χ0v) is 9.75. The minimum Gasteiger partial charge on any atom is -0.497 e. The third-order valence-electron chi connectivity index (χ3n) is 1.83. The maximum absolute atomic E-state index is 8.63. The summed E-state index contributed by atoms with van der Waals surface area (Å²) in [6.45, 7) is 0. The van der Waals surface area contributed by atoms with Crippen molar-refractivity contribution in [2.24, 2.45) is 10.8 Å². The van der Waals surface area contributed by atoms with Gasteiger partial charge >= 0.3 is 0 Å². The summed E-state index contributed by atoms with van der Waals surface area (Å²) in [5, 5.41) is 19.7. The number of nitrogens with zero attached hydrogens (tertiary/aromatic N) is 2. The van der Waals surface area contributed by atoms with E-state index in [4.69, 9.17) is 32.7 Å². The van der Waals surface area contributed by atoms with E-state index < -0.39 is 5.84 Å². The zero-order valence-electron chi connectivity index (χ0n) is 8.99. The molecule has 1 aromatic rings. The van der Waals surface area contributed by atoms with Gasteiger partial charge in [0.05, 0.1) is 17.8 Å². The van der Waals surface area contributed by atoms with Crippen molar-refractivity contribution >= 4 is 28.8 Å². The number of benzene rings is 1. The van der Waals surface area contributed by atoms with Gasteiger partial charge in [0.2, 0.25) is 5.71 Å². The Bertz CT molecular complexity index is 506. The van der Waals surface area contributed by atoms with Crippen LogP contribution < -0.4 is 15.9 Å². The van der Waals surface area contributed by atoms with Gasteiger partial charge in [-0.15, -0.1) is 0 Å². The van der Waals surface area contributed by atoms with Gasteiger partial charge in [0.25, 0.3) is 0 Å². The van der Waals surface area contributed by atoms with Crippen molar-refractivity contribution in [2.75, 3.05) is 12.5 Å². The van der Waals surface area contributed by atoms with Gasteiger partial charge < -0.3 is 10.5 Å². The molecule has 88 valence electrons. The Labute approximate surface area is 103 Å². The summed E-state index contributed by atoms with van der Waals surface area (Å²) >= 11 is 5.93. The van der Waals surface area contributed by atoms with E-state index in [1.165, 1.54) is 7.11 Å². The molecule has 0 bridgehead atoms. The first kappa shape index (κ1) is 12.8. The zero-order chi connectivity index (χ0) is 12.8. The van der Waals surface area contributed by atoms with Crippen LogP contribution in [0.25, 0.3) is 0 Å². The Morgan fingerprint density at radius 2 is 2.35 bits per heavy atom. The van der Waals surface area contributed by atoms with Crippen LogP contribution >= 0.6 is 11.6 Å². The Morgan fingerprint density at radius 1 is 1.65 bits per heavy atom. The number of hydrogen-bond acceptors (Lipinski definition) is 5. The van der Waals surface area contributed by atoms with Crippen molar-refractivity contribution in [3.05, 3.63) is 23.2 Å². The number of halogens is 1. The van der Waals surface area contributed by atoms with Crippen molar-refractivity contribution < 1.29 is 4.74 Å². The highest BCUT2D eigenvalue weighted by molar-refractivity contribution is 6.45. The molecule has 4 N–H and O–H groups in total. The van der Waals surface area contributed by atoms with Crippen LogP contribution in [0, 0.1) is 16.7 Å². The third kappa shape index (κ3) is 3.36. The largest absolute Gasteiger partial charge is 0.497 e. The van der Waals surface area contributed by atoms with Crippen molar-refractivity contribution in [1.82, 2.24) is 0 Å². The summed E-state index contributed by atoms with van der Waals surface area (Å²) in [5.74, 6) is 0.196. The Kier molecular flexibility index (Phi) is 4.31. The van der Waals surface area contributed by atoms with Gasteiger partial charge in [0.15, 0.2) is 5.84 Å². The standard InChI is InChI=1S/C10H10ClN5O/c1-17-6-2-3-8(7(11)4-6)15-16-9(5-12)10(13)14/h2-4,15H,1H3,(H3,13,14)/b16-9+. The van der Waals surface area contributed by atoms with E-state index in [-0.39, 0.29) is 5.71 Å². The smallest absolute Gasteiger partial charge is 0.201 e. The number of anilines is 1. The van der Waals surface area contributed by atoms with Crippen LogP contribution in [0.2, 0.25) is 5.02 Å². The minimum atomic E-state index is -0.412. The number of rotatable bonds is 4. The molecular weight excluding hydrogens is 242 g/mol. The van der Waals surface area contributed by atoms with Crippen LogP contribution in [-0.4, -0.2) is 18.7 Å². The minimum absolute atomic E-state index is 0.211. The Balaban J connectivity index is 2.90. The first-order valence-corrected chi connectivity index (χ1v) is 4.88. The first-order valence-electron chi connectivity index (χ1n) is 4.50. The summed E-state index contributed by atoms with van der Waals surface area (Å²) in [5.41, 5.74) is 7.96. The number of methoxy groups -OCH3 is 1. The lowest BCUT2D eigenvalue weighted by Gasteiger charge is -2.05. The molecular formula is C10H10ClN5O. The van der Waals surface area contributed by atoms with Crippen LogP contribution in [0.4, 0.5) is 5.69 Å². The summed E-state index contributed by atoms with van der Waals surface area (Å²) in [6, 6.07) is 6.60. The van der Waals surface area contributed by atoms with Gasteiger partial charge in [-0.1, -0.05) is 11.6 Å². The molecule has 0 saturated heterocycles. The van der Waals surface area contributed by atoms with Gasteiger partial charge in [-0.3, -0.25) is 10.8 Å². The van der Waals surface area contributed by atoms with E-state index in [0.717, 1.165) is 0 Å². The van der Waals surface area contributed by atoms with Crippen LogP contribution in [0.5, 0.6) is 5.75 Å². The van der Waals surface area contributed by atoms with Gasteiger partial charge in [0, 0.05) is 6.07 Å². The molecule has 0 unspecified atom stereocenters. The molecule has 17 heavy (non-hydrogen) atoms. The first-order chi connectivity index (χ1) is 8.08. The van der Waals surface area contributed by atoms with E-state index >= 15 is 0 Å². The van der Waals surface area contributed by atoms with Crippen molar-refractivity contribution in [1.29, 1.82) is 10.7 Å². The number of nitrogens with two attached hydrogens (primary N) is 1. The predicted molar refractivity (Wildman–Crippen MR) is 66.6 cm³/mol. The van der Waals surface area contributed by atoms with E-state index in [1.807, 2.05) is 0 Å². The van der Waals surface area contributed by atoms with Gasteiger partial charge in [-0.2, -0.15) is 10.4 Å². The molecule has 0 saturated carbocycles. The van der Waals surface area contributed by atoms with Gasteiger partial charge in [-0.05, 0) is 12.1 Å². The van der Waals surface area contributed by atoms with Crippen LogP contribution in [0.1, 0.15) is 0 Å². The van der Waals surface area contributed by atoms with E-state index in [1.54, 1.807) is 24.3 Å². The predicted octanol–water partition coefficient (Wildman–Crippen LogP) is 1.58. The molecule has 0 radical (unpaired) electrons. The number of nitrogens with one attached hydrogen (secondary N) is 2. The normalized spacial score (nSPS) is 10.5. The van der Waals surface area contributed by atoms with E-state index in [2.05, 4.69) is 10.5 Å². The maximum atomic E-state index is 8.63. The number of hydrazone groups is 1. The maximum Gasteiger partial charge on any atom is 0.201 e. The lowest BCUT2D eigenvalue weighted by Crippen LogP contribution is -2.21. The number of amidine groups is 1. The highest BCUT2D eigenvalue weighted by atomic mass is 35.5. The van der Waals surface area contributed by atoms with Crippen molar-refractivity contribution in [3.63, 3.8) is 0 Å². The molecule has 0 aliphatic carbocycles. The van der Waals surface area contributed by atoms with Crippen LogP contribution in [-0.2, 0) is 0 Å². The monoisotopic (exact) mass is 251 g/mol. The van der Waals surface area contributed by atoms with E-state index in [0.29, 0.717) is 16.5 Å². The fraction of sp³-hybridized carbons (Fsp3) is 0.100. The lowest BCUT2D eigenvalue weighted by atomic mass is 10.3. The number of ether oxygens (including phenoxy) is 1. The molecule has 0 fully saturated rings. The second kappa shape index (κ2) is 5.72. The van der Waals surface area contributed by atoms with E-state index in [9.17, 15) is 0 Å². The van der Waals surface area contributed by atoms with Crippen molar-refractivity contribution in [2.45, 2.75) is 0 Å². The lowest BCUT2D eigenvalue weighted by molar-refractivity contribution is 0.415. The fourth-order valence-electron chi connectivity index (χ4n) is 0.975.